The van der Waals surface area contributed by atoms with E-state index in [4.69, 9.17) is 10.2 Å². The van der Waals surface area contributed by atoms with Crippen LogP contribution in [0.25, 0.3) is 0 Å². The molecule has 0 unspecified atom stereocenters. The zero-order chi connectivity index (χ0) is 15.6. The average Bonchev–Trinajstić information content (AvgIpc) is 2.75. The summed E-state index contributed by atoms with van der Waals surface area (Å²) < 4.78 is 0. The summed E-state index contributed by atoms with van der Waals surface area (Å²) in [5.74, 6) is 1.09. The van der Waals surface area contributed by atoms with Crippen molar-refractivity contribution in [2.75, 3.05) is 0 Å². The topological polar surface area (TPSA) is 40.9 Å². The molecule has 0 atom stereocenters. The maximum Gasteiger partial charge on any atom is 0.231 e. The normalized spacial score (nSPS) is 15.7. The number of hydrogen-bond acceptors (Lipinski definition) is 2. The van der Waals surface area contributed by atoms with E-state index in [1.807, 2.05) is 0 Å². The first-order chi connectivity index (χ1) is 10.3. The minimum absolute atomic E-state index is 0.750. The summed E-state index contributed by atoms with van der Waals surface area (Å²) in [6.07, 6.45) is 24.7. The van der Waals surface area contributed by atoms with Gasteiger partial charge in [-0.3, -0.25) is 0 Å². The molecule has 0 aromatic carbocycles. The molecule has 0 bridgehead atoms. The van der Waals surface area contributed by atoms with Crippen LogP contribution in [0.3, 0.4) is 0 Å². The van der Waals surface area contributed by atoms with Crippen LogP contribution in [0, 0.1) is 11.3 Å². The number of hydrogen-bond donors (Lipinski definition) is 1. The molecule has 21 heavy (non-hydrogen) atoms. The molecule has 0 saturated heterocycles. The van der Waals surface area contributed by atoms with Crippen LogP contribution in [0.15, 0.2) is 0 Å². The van der Waals surface area contributed by atoms with Gasteiger partial charge in [-0.05, 0) is 5.92 Å². The molecule has 2 heteroatoms. The van der Waals surface area contributed by atoms with Crippen molar-refractivity contribution in [2.24, 2.45) is 5.92 Å². The maximum atomic E-state index is 8.35. The Morgan fingerprint density at radius 2 is 1.24 bits per heavy atom. The molecule has 1 saturated carbocycles. The number of carbonyl (C=O) groups excluding carboxylic acids is 1. The van der Waals surface area contributed by atoms with Crippen molar-refractivity contribution in [3.63, 3.8) is 0 Å². The van der Waals surface area contributed by atoms with Crippen molar-refractivity contribution in [3.05, 3.63) is 0 Å². The van der Waals surface area contributed by atoms with Crippen LogP contribution >= 0.6 is 0 Å². The van der Waals surface area contributed by atoms with Crippen LogP contribution in [0.2, 0.25) is 0 Å². The maximum absolute atomic E-state index is 8.35. The fourth-order valence-corrected chi connectivity index (χ4v) is 3.40. The Hall–Kier alpha value is -0.620. The van der Waals surface area contributed by atoms with Gasteiger partial charge in [0.05, 0.1) is 0 Å². The predicted molar refractivity (Wildman–Crippen MR) is 91.4 cm³/mol. The Balaban J connectivity index is 0.00000122. The van der Waals surface area contributed by atoms with E-state index >= 15 is 0 Å². The molecular formula is C19H37NO. The highest BCUT2D eigenvalue weighted by Crippen LogP contribution is 2.27. The minimum atomic E-state index is 0.750. The Labute approximate surface area is 132 Å². The third-order valence-electron chi connectivity index (χ3n) is 4.69. The molecule has 0 aromatic rings. The van der Waals surface area contributed by atoms with Crippen molar-refractivity contribution in [1.29, 1.82) is 5.41 Å². The molecular weight excluding hydrogens is 258 g/mol. The van der Waals surface area contributed by atoms with Crippen molar-refractivity contribution in [3.8, 4) is 0 Å². The molecule has 0 aliphatic heterocycles. The summed E-state index contributed by atoms with van der Waals surface area (Å²) in [5, 5.41) is 5.40. The number of unbranched alkanes of at least 4 members (excludes halogenated alkanes) is 8. The second kappa shape index (κ2) is 17.4. The Bertz CT molecular complexity index is 226. The fourth-order valence-electron chi connectivity index (χ4n) is 3.40. The minimum Gasteiger partial charge on any atom is -0.222 e. The van der Waals surface area contributed by atoms with E-state index in [-0.39, 0.29) is 0 Å². The second-order valence-corrected chi connectivity index (χ2v) is 6.58. The number of isocyanates is 1. The Kier molecular flexibility index (Phi) is 16.9. The lowest BCUT2D eigenvalue weighted by Crippen LogP contribution is -1.98. The zero-order valence-electron chi connectivity index (χ0n) is 14.3. The van der Waals surface area contributed by atoms with E-state index in [9.17, 15) is 0 Å². The standard InChI is InChI=1S/C18H36.CHNO/c1-2-3-4-5-6-7-8-9-12-15-18-16-13-10-11-14-17-18;2-1-3/h18H,2-17H2,1H3;2H. The van der Waals surface area contributed by atoms with Gasteiger partial charge in [0.1, 0.15) is 0 Å². The van der Waals surface area contributed by atoms with E-state index < -0.39 is 0 Å². The Morgan fingerprint density at radius 3 is 1.71 bits per heavy atom. The van der Waals surface area contributed by atoms with E-state index in [0.717, 1.165) is 12.0 Å². The van der Waals surface area contributed by atoms with E-state index in [0.29, 0.717) is 0 Å². The van der Waals surface area contributed by atoms with Crippen LogP contribution in [0.4, 0.5) is 0 Å². The summed E-state index contributed by atoms with van der Waals surface area (Å²) >= 11 is 0. The van der Waals surface area contributed by atoms with Crippen LogP contribution in [-0.2, 0) is 4.79 Å². The molecule has 1 N–H and O–H groups in total. The van der Waals surface area contributed by atoms with Crippen LogP contribution in [0.1, 0.15) is 110 Å². The first kappa shape index (κ1) is 20.4. The van der Waals surface area contributed by atoms with Gasteiger partial charge in [-0.25, -0.2) is 10.2 Å². The summed E-state index contributed by atoms with van der Waals surface area (Å²) in [5.41, 5.74) is 0. The molecule has 124 valence electrons. The predicted octanol–water partition coefficient (Wildman–Crippen LogP) is 6.78. The molecule has 1 aliphatic rings. The molecule has 0 heterocycles. The molecule has 0 amide bonds. The molecule has 2 nitrogen and oxygen atoms in total. The van der Waals surface area contributed by atoms with Gasteiger partial charge in [-0.1, -0.05) is 110 Å². The Morgan fingerprint density at radius 1 is 0.810 bits per heavy atom. The molecule has 0 radical (unpaired) electrons. The highest BCUT2D eigenvalue weighted by atomic mass is 16.1. The first-order valence-corrected chi connectivity index (χ1v) is 9.39. The van der Waals surface area contributed by atoms with Crippen LogP contribution < -0.4 is 0 Å². The first-order valence-electron chi connectivity index (χ1n) is 9.39. The van der Waals surface area contributed by atoms with Crippen molar-refractivity contribution in [2.45, 2.75) is 110 Å². The molecule has 0 aromatic heterocycles. The summed E-state index contributed by atoms with van der Waals surface area (Å²) in [6.45, 7) is 2.30. The van der Waals surface area contributed by atoms with Gasteiger partial charge in [0.15, 0.2) is 0 Å². The third kappa shape index (κ3) is 15.6. The molecule has 1 rings (SSSR count). The largest absolute Gasteiger partial charge is 0.231 e. The van der Waals surface area contributed by atoms with Gasteiger partial charge in [0, 0.05) is 0 Å². The van der Waals surface area contributed by atoms with Crippen molar-refractivity contribution >= 4 is 6.08 Å². The van der Waals surface area contributed by atoms with Gasteiger partial charge in [-0.2, -0.15) is 0 Å². The average molecular weight is 296 g/mol. The van der Waals surface area contributed by atoms with E-state index in [1.165, 1.54) is 103 Å². The van der Waals surface area contributed by atoms with Gasteiger partial charge >= 0.3 is 0 Å². The summed E-state index contributed by atoms with van der Waals surface area (Å²) in [6, 6.07) is 0. The highest BCUT2D eigenvalue weighted by Gasteiger charge is 2.11. The van der Waals surface area contributed by atoms with Gasteiger partial charge in [-0.15, -0.1) is 0 Å². The van der Waals surface area contributed by atoms with Crippen LogP contribution in [-0.4, -0.2) is 6.08 Å². The molecule has 0 spiro atoms. The zero-order valence-corrected chi connectivity index (χ0v) is 14.3. The quantitative estimate of drug-likeness (QED) is 0.205. The lowest BCUT2D eigenvalue weighted by Gasteiger charge is -2.13. The molecule has 1 aliphatic carbocycles. The molecule has 1 fully saturated rings. The van der Waals surface area contributed by atoms with E-state index in [1.54, 1.807) is 0 Å². The lowest BCUT2D eigenvalue weighted by molar-refractivity contribution is 0.404. The van der Waals surface area contributed by atoms with Gasteiger partial charge < -0.3 is 0 Å². The fraction of sp³-hybridized carbons (Fsp3) is 0.947. The van der Waals surface area contributed by atoms with Crippen molar-refractivity contribution < 1.29 is 4.79 Å². The SMILES string of the molecule is CCCCCCCCCCCC1CCCCCC1.N=C=O. The highest BCUT2D eigenvalue weighted by molar-refractivity contribution is 5.26. The van der Waals surface area contributed by atoms with E-state index in [2.05, 4.69) is 6.92 Å². The van der Waals surface area contributed by atoms with Gasteiger partial charge in [0.2, 0.25) is 6.08 Å². The van der Waals surface area contributed by atoms with Crippen molar-refractivity contribution in [1.82, 2.24) is 0 Å². The third-order valence-corrected chi connectivity index (χ3v) is 4.69. The summed E-state index contributed by atoms with van der Waals surface area (Å²) in [4.78, 5) is 8.35. The number of rotatable bonds is 10. The lowest BCUT2D eigenvalue weighted by atomic mass is 9.93. The smallest absolute Gasteiger partial charge is 0.222 e. The summed E-state index contributed by atoms with van der Waals surface area (Å²) in [7, 11) is 0. The van der Waals surface area contributed by atoms with Gasteiger partial charge in [0.25, 0.3) is 0 Å². The second-order valence-electron chi connectivity index (χ2n) is 6.58. The monoisotopic (exact) mass is 295 g/mol. The van der Waals surface area contributed by atoms with Crippen LogP contribution in [0.5, 0.6) is 0 Å². The number of nitrogens with one attached hydrogen (secondary N) is 1.